The van der Waals surface area contributed by atoms with Gasteiger partial charge in [0.25, 0.3) is 0 Å². The first kappa shape index (κ1) is 24.3. The smallest absolute Gasteiger partial charge is 0.305 e. The summed E-state index contributed by atoms with van der Waals surface area (Å²) in [7, 11) is 1.39. The van der Waals surface area contributed by atoms with Gasteiger partial charge in [-0.3, -0.25) is 4.79 Å². The number of carbonyl (C=O) groups excluding carboxylic acids is 1. The molecule has 0 radical (unpaired) electrons. The Kier molecular flexibility index (Phi) is 19.1. The van der Waals surface area contributed by atoms with Crippen LogP contribution in [0.1, 0.15) is 52.4 Å². The molecule has 0 aliphatic carbocycles. The summed E-state index contributed by atoms with van der Waals surface area (Å²) in [4.78, 5) is 10.9. The number of ether oxygens (including phenoxy) is 5. The Labute approximate surface area is 153 Å². The average Bonchev–Trinajstić information content (AvgIpc) is 2.64. The molecule has 6 nitrogen and oxygen atoms in total. The molecule has 1 atom stereocenters. The van der Waals surface area contributed by atoms with E-state index in [1.807, 2.05) is 0 Å². The van der Waals surface area contributed by atoms with Gasteiger partial charge in [-0.25, -0.2) is 0 Å². The number of esters is 1. The Balaban J connectivity index is 3.17. The number of rotatable bonds is 19. The summed E-state index contributed by atoms with van der Waals surface area (Å²) in [5.41, 5.74) is 0. The van der Waals surface area contributed by atoms with E-state index in [1.165, 1.54) is 32.8 Å². The molecule has 0 aliphatic heterocycles. The van der Waals surface area contributed by atoms with Gasteiger partial charge in [-0.05, 0) is 18.8 Å². The van der Waals surface area contributed by atoms with Crippen LogP contribution < -0.4 is 0 Å². The number of hydrogen-bond acceptors (Lipinski definition) is 6. The van der Waals surface area contributed by atoms with Crippen molar-refractivity contribution in [3.8, 4) is 0 Å². The molecule has 0 aromatic heterocycles. The summed E-state index contributed by atoms with van der Waals surface area (Å²) in [5.74, 6) is 0.475. The fourth-order valence-electron chi connectivity index (χ4n) is 2.23. The second-order valence-electron chi connectivity index (χ2n) is 6.01. The molecule has 6 heteroatoms. The molecule has 1 unspecified atom stereocenters. The number of carbonyl (C=O) groups is 1. The SMILES string of the molecule is CCCCC(CC)COCCOCCOCCOCCCC(=O)OC. The van der Waals surface area contributed by atoms with Gasteiger partial charge in [0, 0.05) is 19.6 Å². The van der Waals surface area contributed by atoms with Gasteiger partial charge < -0.3 is 23.7 Å². The van der Waals surface area contributed by atoms with E-state index in [-0.39, 0.29) is 5.97 Å². The highest BCUT2D eigenvalue weighted by molar-refractivity contribution is 5.68. The monoisotopic (exact) mass is 362 g/mol. The minimum Gasteiger partial charge on any atom is -0.469 e. The van der Waals surface area contributed by atoms with Crippen LogP contribution in [0.3, 0.4) is 0 Å². The van der Waals surface area contributed by atoms with Crippen LogP contribution in [0.4, 0.5) is 0 Å². The van der Waals surface area contributed by atoms with Gasteiger partial charge in [-0.1, -0.05) is 33.1 Å². The van der Waals surface area contributed by atoms with Gasteiger partial charge in [-0.2, -0.15) is 0 Å². The molecule has 0 spiro atoms. The van der Waals surface area contributed by atoms with Crippen LogP contribution >= 0.6 is 0 Å². The van der Waals surface area contributed by atoms with Crippen LogP contribution in [0.25, 0.3) is 0 Å². The zero-order valence-electron chi connectivity index (χ0n) is 16.4. The molecular weight excluding hydrogens is 324 g/mol. The quantitative estimate of drug-likeness (QED) is 0.260. The van der Waals surface area contributed by atoms with E-state index in [9.17, 15) is 4.79 Å². The lowest BCUT2D eigenvalue weighted by molar-refractivity contribution is -0.141. The minimum atomic E-state index is -0.202. The van der Waals surface area contributed by atoms with Crippen LogP contribution in [0.2, 0.25) is 0 Å². The molecule has 0 fully saturated rings. The lowest BCUT2D eigenvalue weighted by atomic mass is 10.0. The molecule has 0 N–H and O–H groups in total. The van der Waals surface area contributed by atoms with E-state index in [4.69, 9.17) is 18.9 Å². The first-order valence-corrected chi connectivity index (χ1v) is 9.62. The van der Waals surface area contributed by atoms with Crippen molar-refractivity contribution >= 4 is 5.97 Å². The zero-order chi connectivity index (χ0) is 18.6. The first-order valence-electron chi connectivity index (χ1n) is 9.62. The maximum absolute atomic E-state index is 10.9. The van der Waals surface area contributed by atoms with E-state index in [2.05, 4.69) is 18.6 Å². The maximum Gasteiger partial charge on any atom is 0.305 e. The predicted molar refractivity (Wildman–Crippen MR) is 97.8 cm³/mol. The van der Waals surface area contributed by atoms with E-state index in [0.29, 0.717) is 65.0 Å². The Morgan fingerprint density at radius 3 is 1.88 bits per heavy atom. The second kappa shape index (κ2) is 19.6. The largest absolute Gasteiger partial charge is 0.469 e. The van der Waals surface area contributed by atoms with E-state index in [1.54, 1.807) is 0 Å². The molecule has 0 aromatic rings. The van der Waals surface area contributed by atoms with Gasteiger partial charge in [-0.15, -0.1) is 0 Å². The molecule has 0 heterocycles. The van der Waals surface area contributed by atoms with Crippen molar-refractivity contribution in [2.75, 3.05) is 60.0 Å². The van der Waals surface area contributed by atoms with Gasteiger partial charge >= 0.3 is 5.97 Å². The molecule has 25 heavy (non-hydrogen) atoms. The van der Waals surface area contributed by atoms with E-state index < -0.39 is 0 Å². The van der Waals surface area contributed by atoms with Crippen LogP contribution in [-0.4, -0.2) is 65.9 Å². The summed E-state index contributed by atoms with van der Waals surface area (Å²) in [6.07, 6.45) is 6.03. The first-order chi connectivity index (χ1) is 12.2. The maximum atomic E-state index is 10.9. The van der Waals surface area contributed by atoms with Crippen molar-refractivity contribution in [2.24, 2.45) is 5.92 Å². The third kappa shape index (κ3) is 17.9. The number of methoxy groups -OCH3 is 1. The Morgan fingerprint density at radius 1 is 0.800 bits per heavy atom. The molecule has 0 aliphatic rings. The highest BCUT2D eigenvalue weighted by Gasteiger charge is 2.05. The Hall–Kier alpha value is -0.690. The normalized spacial score (nSPS) is 12.3. The fourth-order valence-corrected chi connectivity index (χ4v) is 2.23. The minimum absolute atomic E-state index is 0.202. The van der Waals surface area contributed by atoms with Crippen molar-refractivity contribution in [1.29, 1.82) is 0 Å². The molecule has 0 saturated carbocycles. The third-order valence-electron chi connectivity index (χ3n) is 3.91. The lowest BCUT2D eigenvalue weighted by Crippen LogP contribution is -2.14. The summed E-state index contributed by atoms with van der Waals surface area (Å²) in [6.45, 7) is 9.27. The van der Waals surface area contributed by atoms with Crippen LogP contribution in [0, 0.1) is 5.92 Å². The predicted octanol–water partition coefficient (Wildman–Crippen LogP) is 3.22. The standard InChI is InChI=1S/C19H38O6/c1-4-6-8-18(5-2)17-25-16-15-24-14-13-23-12-11-22-10-7-9-19(20)21-3/h18H,4-17H2,1-3H3. The molecule has 0 saturated heterocycles. The zero-order valence-corrected chi connectivity index (χ0v) is 16.4. The summed E-state index contributed by atoms with van der Waals surface area (Å²) in [5, 5.41) is 0. The molecule has 150 valence electrons. The van der Waals surface area contributed by atoms with Crippen molar-refractivity contribution in [3.05, 3.63) is 0 Å². The molecular formula is C19H38O6. The summed E-state index contributed by atoms with van der Waals surface area (Å²) in [6, 6.07) is 0. The topological polar surface area (TPSA) is 63.2 Å². The van der Waals surface area contributed by atoms with Crippen molar-refractivity contribution < 1.29 is 28.5 Å². The lowest BCUT2D eigenvalue weighted by Gasteiger charge is -2.14. The number of hydrogen-bond donors (Lipinski definition) is 0. The molecule has 0 aromatic carbocycles. The Morgan fingerprint density at radius 2 is 1.36 bits per heavy atom. The van der Waals surface area contributed by atoms with Crippen LogP contribution in [-0.2, 0) is 28.5 Å². The van der Waals surface area contributed by atoms with E-state index in [0.717, 1.165) is 6.61 Å². The number of unbranched alkanes of at least 4 members (excludes halogenated alkanes) is 1. The van der Waals surface area contributed by atoms with Crippen molar-refractivity contribution in [2.45, 2.75) is 52.4 Å². The van der Waals surface area contributed by atoms with Gasteiger partial charge in [0.15, 0.2) is 0 Å². The average molecular weight is 363 g/mol. The molecule has 0 bridgehead atoms. The summed E-state index contributed by atoms with van der Waals surface area (Å²) < 4.78 is 26.5. The molecule has 0 amide bonds. The highest BCUT2D eigenvalue weighted by atomic mass is 16.6. The van der Waals surface area contributed by atoms with Crippen molar-refractivity contribution in [1.82, 2.24) is 0 Å². The molecule has 0 rings (SSSR count). The fraction of sp³-hybridized carbons (Fsp3) is 0.947. The van der Waals surface area contributed by atoms with Gasteiger partial charge in [0.2, 0.25) is 0 Å². The van der Waals surface area contributed by atoms with Crippen LogP contribution in [0.15, 0.2) is 0 Å². The summed E-state index contributed by atoms with van der Waals surface area (Å²) >= 11 is 0. The van der Waals surface area contributed by atoms with Gasteiger partial charge in [0.05, 0.1) is 46.8 Å². The van der Waals surface area contributed by atoms with E-state index >= 15 is 0 Å². The third-order valence-corrected chi connectivity index (χ3v) is 3.91. The van der Waals surface area contributed by atoms with Crippen LogP contribution in [0.5, 0.6) is 0 Å². The highest BCUT2D eigenvalue weighted by Crippen LogP contribution is 2.12. The second-order valence-corrected chi connectivity index (χ2v) is 6.01. The van der Waals surface area contributed by atoms with Gasteiger partial charge in [0.1, 0.15) is 0 Å². The van der Waals surface area contributed by atoms with Crippen molar-refractivity contribution in [3.63, 3.8) is 0 Å². The Bertz CT molecular complexity index is 285.